The van der Waals surface area contributed by atoms with Gasteiger partial charge in [0, 0.05) is 12.3 Å². The molecule has 0 aromatic carbocycles. The van der Waals surface area contributed by atoms with E-state index in [4.69, 9.17) is 4.74 Å². The molecule has 0 saturated heterocycles. The highest BCUT2D eigenvalue weighted by Crippen LogP contribution is 2.17. The quantitative estimate of drug-likeness (QED) is 0.509. The Kier molecular flexibility index (Phi) is 3.37. The molecule has 1 heterocycles. The van der Waals surface area contributed by atoms with Gasteiger partial charge in [0.2, 0.25) is 11.9 Å². The topological polar surface area (TPSA) is 72.8 Å². The second kappa shape index (κ2) is 4.38. The summed E-state index contributed by atoms with van der Waals surface area (Å²) in [4.78, 5) is 37.3. The maximum atomic E-state index is 11.6. The van der Waals surface area contributed by atoms with Gasteiger partial charge in [-0.1, -0.05) is 0 Å². The number of carbonyl (C=O) groups excluding carboxylic acids is 3. The molecule has 0 spiro atoms. The Morgan fingerprint density at radius 2 is 2.12 bits per heavy atom. The Morgan fingerprint density at radius 3 is 2.62 bits per heavy atom. The van der Waals surface area contributed by atoms with Crippen LogP contribution in [0.1, 0.15) is 20.8 Å². The van der Waals surface area contributed by atoms with Crippen LogP contribution in [0, 0.1) is 5.41 Å². The molecule has 1 aliphatic heterocycles. The van der Waals surface area contributed by atoms with Crippen molar-refractivity contribution in [1.29, 1.82) is 0 Å². The van der Waals surface area contributed by atoms with E-state index < -0.39 is 23.3 Å². The molecular formula is C11H13NO4. The van der Waals surface area contributed by atoms with E-state index >= 15 is 0 Å². The fourth-order valence-corrected chi connectivity index (χ4v) is 0.992. The van der Waals surface area contributed by atoms with Crippen molar-refractivity contribution in [3.05, 3.63) is 12.3 Å². The van der Waals surface area contributed by atoms with Crippen LogP contribution in [0.4, 0.5) is 0 Å². The lowest BCUT2D eigenvalue weighted by Gasteiger charge is -2.22. The number of ether oxygens (including phenoxy) is 1. The van der Waals surface area contributed by atoms with Crippen LogP contribution >= 0.6 is 0 Å². The standard InChI is InChI=1S/C11H13NO4/c1-11(2,3)10(15)16-9-7(6-13)12-5-4-8(9)14/h4-6,9H,1-3H3. The summed E-state index contributed by atoms with van der Waals surface area (Å²) < 4.78 is 4.97. The largest absolute Gasteiger partial charge is 0.447 e. The molecule has 0 aliphatic carbocycles. The molecular weight excluding hydrogens is 210 g/mol. The summed E-state index contributed by atoms with van der Waals surface area (Å²) in [6, 6.07) is 0. The number of aldehydes is 1. The molecule has 0 aromatic heterocycles. The van der Waals surface area contributed by atoms with Crippen molar-refractivity contribution in [2.45, 2.75) is 26.9 Å². The number of carbonyl (C=O) groups is 3. The maximum absolute atomic E-state index is 11.6. The molecule has 0 fully saturated rings. The minimum atomic E-state index is -1.20. The van der Waals surface area contributed by atoms with E-state index in [2.05, 4.69) is 4.99 Å². The van der Waals surface area contributed by atoms with Crippen LogP contribution in [0.15, 0.2) is 17.3 Å². The van der Waals surface area contributed by atoms with Gasteiger partial charge >= 0.3 is 5.97 Å². The molecule has 0 aromatic rings. The number of nitrogens with zero attached hydrogens (tertiary/aromatic N) is 1. The maximum Gasteiger partial charge on any atom is 0.312 e. The number of rotatable bonds is 2. The SMILES string of the molecule is CC(C)(C)C(=O)OC1C(=O)C=CN=C1C=O. The summed E-state index contributed by atoms with van der Waals surface area (Å²) in [6.07, 6.45) is 1.61. The fraction of sp³-hybridized carbons (Fsp3) is 0.455. The molecule has 1 aliphatic rings. The smallest absolute Gasteiger partial charge is 0.312 e. The van der Waals surface area contributed by atoms with Crippen LogP contribution in [0.3, 0.4) is 0 Å². The Balaban J connectivity index is 2.84. The predicted octanol–water partition coefficient (Wildman–Crippen LogP) is 0.681. The highest BCUT2D eigenvalue weighted by Gasteiger charge is 2.33. The van der Waals surface area contributed by atoms with Crippen molar-refractivity contribution >= 4 is 23.8 Å². The Bertz CT molecular complexity index is 387. The minimum Gasteiger partial charge on any atom is -0.447 e. The molecule has 86 valence electrons. The fourth-order valence-electron chi connectivity index (χ4n) is 0.992. The number of aliphatic imine (C=N–C) groups is 1. The van der Waals surface area contributed by atoms with Crippen LogP contribution in [0.25, 0.3) is 0 Å². The lowest BCUT2D eigenvalue weighted by atomic mass is 9.97. The Labute approximate surface area is 93.2 Å². The number of ketones is 1. The van der Waals surface area contributed by atoms with Gasteiger partial charge in [-0.15, -0.1) is 0 Å². The van der Waals surface area contributed by atoms with Crippen molar-refractivity contribution in [3.8, 4) is 0 Å². The first-order chi connectivity index (χ1) is 7.36. The predicted molar refractivity (Wildman–Crippen MR) is 57.0 cm³/mol. The van der Waals surface area contributed by atoms with Gasteiger partial charge in [0.15, 0.2) is 6.29 Å². The van der Waals surface area contributed by atoms with Crippen molar-refractivity contribution in [2.24, 2.45) is 10.4 Å². The first-order valence-corrected chi connectivity index (χ1v) is 4.80. The molecule has 16 heavy (non-hydrogen) atoms. The van der Waals surface area contributed by atoms with Crippen LogP contribution in [-0.2, 0) is 19.1 Å². The van der Waals surface area contributed by atoms with Crippen LogP contribution in [0.5, 0.6) is 0 Å². The molecule has 1 unspecified atom stereocenters. The zero-order valence-electron chi connectivity index (χ0n) is 9.39. The second-order valence-electron chi connectivity index (χ2n) is 4.43. The molecule has 0 amide bonds. The minimum absolute atomic E-state index is 0.0786. The number of hydrogen-bond donors (Lipinski definition) is 0. The first kappa shape index (κ1) is 12.3. The van der Waals surface area contributed by atoms with Crippen molar-refractivity contribution in [3.63, 3.8) is 0 Å². The van der Waals surface area contributed by atoms with Crippen LogP contribution < -0.4 is 0 Å². The van der Waals surface area contributed by atoms with E-state index in [0.29, 0.717) is 6.29 Å². The zero-order valence-corrected chi connectivity index (χ0v) is 9.39. The van der Waals surface area contributed by atoms with Gasteiger partial charge in [-0.2, -0.15) is 0 Å². The van der Waals surface area contributed by atoms with Crippen molar-refractivity contribution in [1.82, 2.24) is 0 Å². The lowest BCUT2D eigenvalue weighted by Crippen LogP contribution is -2.39. The van der Waals surface area contributed by atoms with E-state index in [0.717, 1.165) is 0 Å². The molecule has 5 heteroatoms. The molecule has 0 saturated carbocycles. The summed E-state index contributed by atoms with van der Waals surface area (Å²) >= 11 is 0. The first-order valence-electron chi connectivity index (χ1n) is 4.80. The number of esters is 1. The molecule has 0 radical (unpaired) electrons. The third-order valence-corrected chi connectivity index (χ3v) is 1.95. The van der Waals surface area contributed by atoms with Gasteiger partial charge in [0.1, 0.15) is 5.71 Å². The molecule has 0 bridgehead atoms. The summed E-state index contributed by atoms with van der Waals surface area (Å²) in [5, 5.41) is 0. The Morgan fingerprint density at radius 1 is 1.50 bits per heavy atom. The summed E-state index contributed by atoms with van der Waals surface area (Å²) in [5.74, 6) is -0.995. The van der Waals surface area contributed by atoms with Gasteiger partial charge < -0.3 is 4.74 Å². The van der Waals surface area contributed by atoms with E-state index in [9.17, 15) is 14.4 Å². The average molecular weight is 223 g/mol. The van der Waals surface area contributed by atoms with Crippen molar-refractivity contribution in [2.75, 3.05) is 0 Å². The van der Waals surface area contributed by atoms with Gasteiger partial charge in [-0.25, -0.2) is 0 Å². The van der Waals surface area contributed by atoms with E-state index in [1.54, 1.807) is 20.8 Å². The zero-order chi connectivity index (χ0) is 12.3. The third kappa shape index (κ3) is 2.62. The number of hydrogen-bond acceptors (Lipinski definition) is 5. The van der Waals surface area contributed by atoms with E-state index in [1.165, 1.54) is 12.3 Å². The second-order valence-corrected chi connectivity index (χ2v) is 4.43. The third-order valence-electron chi connectivity index (χ3n) is 1.95. The van der Waals surface area contributed by atoms with Crippen LogP contribution in [-0.4, -0.2) is 29.9 Å². The molecule has 5 nitrogen and oxygen atoms in total. The van der Waals surface area contributed by atoms with Gasteiger partial charge in [-0.3, -0.25) is 19.4 Å². The molecule has 0 N–H and O–H groups in total. The van der Waals surface area contributed by atoms with Gasteiger partial charge in [0.05, 0.1) is 5.41 Å². The van der Waals surface area contributed by atoms with E-state index in [-0.39, 0.29) is 5.71 Å². The van der Waals surface area contributed by atoms with E-state index in [1.807, 2.05) is 0 Å². The highest BCUT2D eigenvalue weighted by atomic mass is 16.5. The summed E-state index contributed by atoms with van der Waals surface area (Å²) in [7, 11) is 0. The van der Waals surface area contributed by atoms with Gasteiger partial charge in [0.25, 0.3) is 0 Å². The van der Waals surface area contributed by atoms with Gasteiger partial charge in [-0.05, 0) is 20.8 Å². The summed E-state index contributed by atoms with van der Waals surface area (Å²) in [5.41, 5.74) is -0.805. The normalized spacial score (nSPS) is 20.3. The van der Waals surface area contributed by atoms with Crippen LogP contribution in [0.2, 0.25) is 0 Å². The van der Waals surface area contributed by atoms with Crippen molar-refractivity contribution < 1.29 is 19.1 Å². The molecule has 1 rings (SSSR count). The highest BCUT2D eigenvalue weighted by molar-refractivity contribution is 6.38. The summed E-state index contributed by atoms with van der Waals surface area (Å²) in [6.45, 7) is 4.99. The lowest BCUT2D eigenvalue weighted by molar-refractivity contribution is -0.158. The molecule has 1 atom stereocenters. The Hall–Kier alpha value is -1.78. The monoisotopic (exact) mass is 223 g/mol. The average Bonchev–Trinajstić information content (AvgIpc) is 2.19.